The molecule has 3 rings (SSSR count). The van der Waals surface area contributed by atoms with Gasteiger partial charge in [0.15, 0.2) is 5.79 Å². The zero-order chi connectivity index (χ0) is 18.4. The first-order valence-corrected chi connectivity index (χ1v) is 11.1. The van der Waals surface area contributed by atoms with Crippen LogP contribution in [0.4, 0.5) is 4.79 Å². The van der Waals surface area contributed by atoms with Crippen LogP contribution in [-0.2, 0) is 14.3 Å². The number of ether oxygens (including phenoxy) is 2. The fraction of sp³-hybridized carbons (Fsp3) is 0.895. The van der Waals surface area contributed by atoms with Crippen molar-refractivity contribution >= 4 is 23.0 Å². The van der Waals surface area contributed by atoms with Crippen LogP contribution in [-0.4, -0.2) is 46.1 Å². The number of amides is 1. The van der Waals surface area contributed by atoms with E-state index in [9.17, 15) is 14.7 Å². The predicted octanol–water partition coefficient (Wildman–Crippen LogP) is 3.51. The van der Waals surface area contributed by atoms with Gasteiger partial charge in [-0.3, -0.25) is 9.59 Å². The molecule has 3 heterocycles. The molecule has 0 saturated carbocycles. The molecule has 3 fully saturated rings. The van der Waals surface area contributed by atoms with Gasteiger partial charge in [0, 0.05) is 25.0 Å². The summed E-state index contributed by atoms with van der Waals surface area (Å²) in [7, 11) is 0. The van der Waals surface area contributed by atoms with Crippen LogP contribution in [0.3, 0.4) is 0 Å². The molecule has 0 spiro atoms. The fourth-order valence-electron chi connectivity index (χ4n) is 4.15. The number of nitrogens with one attached hydrogen (secondary N) is 1. The number of carbonyl (C=O) groups is 2. The van der Waals surface area contributed by atoms with Crippen LogP contribution in [0, 0.1) is 0 Å². The van der Waals surface area contributed by atoms with Gasteiger partial charge in [0.1, 0.15) is 6.10 Å². The van der Waals surface area contributed by atoms with E-state index >= 15 is 0 Å². The summed E-state index contributed by atoms with van der Waals surface area (Å²) in [6.45, 7) is 0. The topological polar surface area (TPSA) is 84.9 Å². The van der Waals surface area contributed by atoms with Gasteiger partial charge in [-0.1, -0.05) is 56.7 Å². The number of hydrogen-bond donors (Lipinski definition) is 2. The predicted molar refractivity (Wildman–Crippen MR) is 99.9 cm³/mol. The maximum Gasteiger partial charge on any atom is 0.306 e. The van der Waals surface area contributed by atoms with E-state index in [-0.39, 0.29) is 29.8 Å². The first-order valence-electron chi connectivity index (χ1n) is 10.1. The van der Waals surface area contributed by atoms with E-state index < -0.39 is 11.8 Å². The molecule has 7 heteroatoms. The van der Waals surface area contributed by atoms with Gasteiger partial charge in [-0.25, -0.2) is 0 Å². The molecule has 148 valence electrons. The summed E-state index contributed by atoms with van der Waals surface area (Å²) in [4.78, 5) is 23.7. The van der Waals surface area contributed by atoms with Crippen molar-refractivity contribution in [2.24, 2.45) is 0 Å². The Bertz CT molecular complexity index is 502. The van der Waals surface area contributed by atoms with Crippen molar-refractivity contribution < 1.29 is 24.2 Å². The van der Waals surface area contributed by atoms with Crippen molar-refractivity contribution in [2.75, 3.05) is 5.75 Å². The Morgan fingerprint density at radius 1 is 1.00 bits per heavy atom. The minimum atomic E-state index is -1.46. The lowest BCUT2D eigenvalue weighted by molar-refractivity contribution is -0.284. The maximum atomic E-state index is 12.2. The molecule has 3 saturated heterocycles. The monoisotopic (exact) mass is 385 g/mol. The standard InChI is InChI=1S/C19H31NO5S/c21-17-10-8-6-4-2-1-3-5-7-9-14-11-15(24-17)12-19(23,25-14)16-13-26-18(22)20-16/h14-16,23H,1-13H2,(H,20,22)/t14?,15?,16-,19+/m0/s1. The summed E-state index contributed by atoms with van der Waals surface area (Å²) in [6, 6.07) is -0.453. The first-order chi connectivity index (χ1) is 12.5. The van der Waals surface area contributed by atoms with E-state index in [0.717, 1.165) is 37.4 Å². The molecule has 0 aromatic carbocycles. The zero-order valence-electron chi connectivity index (χ0n) is 15.4. The third kappa shape index (κ3) is 5.60. The summed E-state index contributed by atoms with van der Waals surface area (Å²) in [5.41, 5.74) is 0. The molecule has 3 aliphatic heterocycles. The Morgan fingerprint density at radius 3 is 2.38 bits per heavy atom. The van der Waals surface area contributed by atoms with E-state index in [1.807, 2.05) is 0 Å². The molecule has 2 N–H and O–H groups in total. The van der Waals surface area contributed by atoms with Crippen LogP contribution in [0.2, 0.25) is 0 Å². The average molecular weight is 386 g/mol. The van der Waals surface area contributed by atoms with Crippen LogP contribution < -0.4 is 5.32 Å². The van der Waals surface area contributed by atoms with Gasteiger partial charge < -0.3 is 19.9 Å². The van der Waals surface area contributed by atoms with Crippen LogP contribution in [0.1, 0.15) is 77.0 Å². The number of carbonyl (C=O) groups excluding carboxylic acids is 2. The summed E-state index contributed by atoms with van der Waals surface area (Å²) in [6.07, 6.45) is 10.7. The summed E-state index contributed by atoms with van der Waals surface area (Å²) in [5, 5.41) is 13.7. The lowest BCUT2D eigenvalue weighted by Crippen LogP contribution is -2.58. The first kappa shape index (κ1) is 20.0. The average Bonchev–Trinajstić information content (AvgIpc) is 3.02. The molecule has 0 radical (unpaired) electrons. The highest BCUT2D eigenvalue weighted by Gasteiger charge is 2.49. The molecule has 26 heavy (non-hydrogen) atoms. The molecule has 4 atom stereocenters. The van der Waals surface area contributed by atoms with Crippen LogP contribution in [0.25, 0.3) is 0 Å². The second-order valence-electron chi connectivity index (χ2n) is 7.80. The largest absolute Gasteiger partial charge is 0.462 e. The third-order valence-corrected chi connectivity index (χ3v) is 6.47. The van der Waals surface area contributed by atoms with Crippen molar-refractivity contribution in [3.05, 3.63) is 0 Å². The normalized spacial score (nSPS) is 38.0. The number of fused-ring (bicyclic) bond motifs is 2. The van der Waals surface area contributed by atoms with Gasteiger partial charge in [0.05, 0.1) is 12.1 Å². The van der Waals surface area contributed by atoms with Crippen molar-refractivity contribution in [3.8, 4) is 0 Å². The van der Waals surface area contributed by atoms with Crippen LogP contribution in [0.5, 0.6) is 0 Å². The lowest BCUT2D eigenvalue weighted by Gasteiger charge is -2.43. The van der Waals surface area contributed by atoms with E-state index in [2.05, 4.69) is 5.32 Å². The molecular formula is C19H31NO5S. The van der Waals surface area contributed by atoms with Gasteiger partial charge in [0.2, 0.25) is 0 Å². The maximum absolute atomic E-state index is 12.2. The summed E-state index contributed by atoms with van der Waals surface area (Å²) < 4.78 is 11.7. The Morgan fingerprint density at radius 2 is 1.69 bits per heavy atom. The molecule has 0 aliphatic carbocycles. The molecule has 3 aliphatic rings. The van der Waals surface area contributed by atoms with E-state index in [4.69, 9.17) is 9.47 Å². The van der Waals surface area contributed by atoms with Crippen LogP contribution in [0.15, 0.2) is 0 Å². The highest BCUT2D eigenvalue weighted by Crippen LogP contribution is 2.36. The van der Waals surface area contributed by atoms with E-state index in [1.54, 1.807) is 0 Å². The Balaban J connectivity index is 1.66. The number of thioether (sulfide) groups is 1. The lowest BCUT2D eigenvalue weighted by atomic mass is 9.91. The number of hydrogen-bond acceptors (Lipinski definition) is 6. The Kier molecular flexibility index (Phi) is 7.23. The van der Waals surface area contributed by atoms with Gasteiger partial charge in [-0.2, -0.15) is 0 Å². The number of aliphatic hydroxyl groups is 1. The second-order valence-corrected chi connectivity index (χ2v) is 8.79. The Hall–Kier alpha value is -0.790. The minimum absolute atomic E-state index is 0.138. The quantitative estimate of drug-likeness (QED) is 0.672. The molecule has 2 unspecified atom stereocenters. The molecule has 2 bridgehead atoms. The second kappa shape index (κ2) is 9.42. The van der Waals surface area contributed by atoms with Crippen molar-refractivity contribution in [1.29, 1.82) is 0 Å². The van der Waals surface area contributed by atoms with Crippen molar-refractivity contribution in [3.63, 3.8) is 0 Å². The third-order valence-electron chi connectivity index (χ3n) is 5.59. The van der Waals surface area contributed by atoms with Crippen molar-refractivity contribution in [2.45, 2.75) is 101 Å². The highest BCUT2D eigenvalue weighted by molar-refractivity contribution is 8.14. The molecular weight excluding hydrogens is 354 g/mol. The van der Waals surface area contributed by atoms with Gasteiger partial charge in [-0.05, 0) is 12.8 Å². The van der Waals surface area contributed by atoms with Crippen LogP contribution >= 0.6 is 11.8 Å². The zero-order valence-corrected chi connectivity index (χ0v) is 16.2. The fourth-order valence-corrected chi connectivity index (χ4v) is 5.04. The van der Waals surface area contributed by atoms with Gasteiger partial charge in [-0.15, -0.1) is 0 Å². The van der Waals surface area contributed by atoms with E-state index in [1.165, 1.54) is 32.1 Å². The van der Waals surface area contributed by atoms with Gasteiger partial charge >= 0.3 is 5.97 Å². The SMILES string of the molecule is O=C1CCCCCCCCCCC2CC(C[C@](O)([C@@H]3CSC(=O)N3)O2)O1. The minimum Gasteiger partial charge on any atom is -0.462 e. The molecule has 0 aromatic rings. The number of esters is 1. The molecule has 1 amide bonds. The molecule has 0 aromatic heterocycles. The summed E-state index contributed by atoms with van der Waals surface area (Å²) in [5.74, 6) is -1.17. The highest BCUT2D eigenvalue weighted by atomic mass is 32.2. The molecule has 6 nitrogen and oxygen atoms in total. The van der Waals surface area contributed by atoms with E-state index in [0.29, 0.717) is 18.6 Å². The van der Waals surface area contributed by atoms with Crippen molar-refractivity contribution in [1.82, 2.24) is 5.32 Å². The van der Waals surface area contributed by atoms with Gasteiger partial charge in [0.25, 0.3) is 5.24 Å². The smallest absolute Gasteiger partial charge is 0.306 e. The number of rotatable bonds is 1. The summed E-state index contributed by atoms with van der Waals surface area (Å²) >= 11 is 1.16. The Labute approximate surface area is 159 Å².